The zero-order chi connectivity index (χ0) is 18.6. The van der Waals surface area contributed by atoms with Gasteiger partial charge >= 0.3 is 5.97 Å². The molecule has 0 saturated heterocycles. The molecule has 0 aliphatic rings. The Hall–Kier alpha value is -0.873. The number of carbonyl (C=O) groups is 1. The molecule has 0 bridgehead atoms. The Morgan fingerprint density at radius 2 is 1.67 bits per heavy atom. The largest absolute Gasteiger partial charge is 0.463 e. The van der Waals surface area contributed by atoms with Crippen molar-refractivity contribution in [3.8, 4) is 0 Å². The van der Waals surface area contributed by atoms with Crippen LogP contribution in [-0.2, 0) is 14.0 Å². The lowest BCUT2D eigenvalue weighted by Crippen LogP contribution is -2.41. The average molecular weight is 355 g/mol. The third kappa shape index (κ3) is 8.29. The number of rotatable bonds is 12. The molecule has 140 valence electrons. The lowest BCUT2D eigenvalue weighted by atomic mass is 10.0. The molecule has 0 amide bonds. The van der Waals surface area contributed by atoms with Gasteiger partial charge in [-0.1, -0.05) is 52.3 Å². The molecule has 0 unspecified atom stereocenters. The Morgan fingerprint density at radius 3 is 2.12 bits per heavy atom. The van der Waals surface area contributed by atoms with Crippen LogP contribution >= 0.6 is 0 Å². The van der Waals surface area contributed by atoms with E-state index in [4.69, 9.17) is 9.16 Å². The topological polar surface area (TPSA) is 35.5 Å². The molecule has 0 saturated carbocycles. The maximum Gasteiger partial charge on any atom is 0.330 e. The summed E-state index contributed by atoms with van der Waals surface area (Å²) in [5.41, 5.74) is 1.02. The molecular formula is C20H38O3Si. The first-order valence-electron chi connectivity index (χ1n) is 9.56. The van der Waals surface area contributed by atoms with E-state index in [1.54, 1.807) is 6.08 Å². The Morgan fingerprint density at radius 1 is 1.08 bits per heavy atom. The summed E-state index contributed by atoms with van der Waals surface area (Å²) in [5.74, 6) is 0.137. The number of hydrogen-bond acceptors (Lipinski definition) is 3. The van der Waals surface area contributed by atoms with Crippen molar-refractivity contribution in [3.05, 3.63) is 23.8 Å². The van der Waals surface area contributed by atoms with E-state index in [0.29, 0.717) is 18.6 Å². The molecule has 0 aliphatic carbocycles. The van der Waals surface area contributed by atoms with Crippen LogP contribution in [0.2, 0.25) is 18.1 Å². The van der Waals surface area contributed by atoms with Crippen LogP contribution in [0.15, 0.2) is 23.8 Å². The lowest BCUT2D eigenvalue weighted by molar-refractivity contribution is -0.137. The van der Waals surface area contributed by atoms with E-state index < -0.39 is 8.32 Å². The van der Waals surface area contributed by atoms with Crippen molar-refractivity contribution < 1.29 is 14.0 Å². The number of carbonyl (C=O) groups excluding carboxylic acids is 1. The zero-order valence-electron chi connectivity index (χ0n) is 16.9. The van der Waals surface area contributed by atoms with E-state index in [2.05, 4.69) is 46.8 Å². The van der Waals surface area contributed by atoms with Crippen molar-refractivity contribution in [2.45, 2.75) is 85.5 Å². The zero-order valence-corrected chi connectivity index (χ0v) is 17.9. The van der Waals surface area contributed by atoms with Gasteiger partial charge in [-0.25, -0.2) is 4.79 Å². The van der Waals surface area contributed by atoms with Gasteiger partial charge in [0.25, 0.3) is 0 Å². The first-order valence-corrected chi connectivity index (χ1v) is 12.1. The van der Waals surface area contributed by atoms with E-state index in [1.807, 2.05) is 13.8 Å². The van der Waals surface area contributed by atoms with Crippen LogP contribution in [0.3, 0.4) is 0 Å². The van der Waals surface area contributed by atoms with Gasteiger partial charge in [0.05, 0.1) is 12.7 Å². The minimum atomic E-state index is -1.56. The molecule has 0 N–H and O–H groups in total. The van der Waals surface area contributed by atoms with Crippen LogP contribution in [0.1, 0.15) is 61.3 Å². The second kappa shape index (κ2) is 12.5. The standard InChI is InChI=1S/C20H38O3Si/c1-8-19(23-24(10-3,11-4)12-5)18(7)15-13-14-17(6)16-20(21)22-9-2/h13,15-16,18-19H,8-12,14H2,1-7H3/t18-,19-/m0/s1. The second-order valence-electron chi connectivity index (χ2n) is 6.54. The molecule has 0 heterocycles. The molecule has 0 rings (SSSR count). The number of ether oxygens (including phenoxy) is 1. The van der Waals surface area contributed by atoms with E-state index in [-0.39, 0.29) is 5.97 Å². The second-order valence-corrected chi connectivity index (χ2v) is 11.3. The van der Waals surface area contributed by atoms with Crippen LogP contribution in [0.5, 0.6) is 0 Å². The summed E-state index contributed by atoms with van der Waals surface area (Å²) in [6.45, 7) is 15.5. The first-order chi connectivity index (χ1) is 11.4. The molecule has 0 aliphatic heterocycles. The quantitative estimate of drug-likeness (QED) is 0.190. The predicted octanol–water partition coefficient (Wildman–Crippen LogP) is 5.88. The summed E-state index contributed by atoms with van der Waals surface area (Å²) in [7, 11) is -1.56. The molecule has 0 fully saturated rings. The Kier molecular flexibility index (Phi) is 12.0. The Labute approximate surface area is 150 Å². The van der Waals surface area contributed by atoms with Crippen LogP contribution < -0.4 is 0 Å². The highest BCUT2D eigenvalue weighted by molar-refractivity contribution is 6.73. The molecule has 2 atom stereocenters. The predicted molar refractivity (Wildman–Crippen MR) is 106 cm³/mol. The minimum absolute atomic E-state index is 0.254. The van der Waals surface area contributed by atoms with Gasteiger partial charge in [-0.15, -0.1) is 0 Å². The highest BCUT2D eigenvalue weighted by Crippen LogP contribution is 2.27. The Bertz CT molecular complexity index is 403. The van der Waals surface area contributed by atoms with Crippen LogP contribution in [0.4, 0.5) is 0 Å². The monoisotopic (exact) mass is 354 g/mol. The molecule has 0 radical (unpaired) electrons. The molecule has 0 aromatic rings. The third-order valence-electron chi connectivity index (χ3n) is 4.85. The van der Waals surface area contributed by atoms with Crippen molar-refractivity contribution in [2.75, 3.05) is 6.61 Å². The maximum absolute atomic E-state index is 11.4. The van der Waals surface area contributed by atoms with Gasteiger partial charge in [-0.05, 0) is 50.7 Å². The minimum Gasteiger partial charge on any atom is -0.463 e. The van der Waals surface area contributed by atoms with Crippen molar-refractivity contribution in [1.82, 2.24) is 0 Å². The summed E-state index contributed by atoms with van der Waals surface area (Å²) < 4.78 is 11.6. The molecule has 3 nitrogen and oxygen atoms in total. The molecule has 0 aromatic carbocycles. The first kappa shape index (κ1) is 23.1. The molecular weight excluding hydrogens is 316 g/mol. The highest BCUT2D eigenvalue weighted by Gasteiger charge is 2.32. The molecule has 24 heavy (non-hydrogen) atoms. The number of esters is 1. The van der Waals surface area contributed by atoms with E-state index in [9.17, 15) is 4.79 Å². The SMILES string of the molecule is CCOC(=O)C=C(C)CC=C[C@H](C)[C@H](CC)O[Si](CC)(CC)CC. The van der Waals surface area contributed by atoms with E-state index >= 15 is 0 Å². The van der Waals surface area contributed by atoms with Crippen LogP contribution in [0, 0.1) is 5.92 Å². The van der Waals surface area contributed by atoms with E-state index in [0.717, 1.165) is 18.4 Å². The summed E-state index contributed by atoms with van der Waals surface area (Å²) in [6, 6.07) is 3.57. The van der Waals surface area contributed by atoms with Gasteiger partial charge in [-0.3, -0.25) is 0 Å². The number of allylic oxidation sites excluding steroid dienone is 2. The normalized spacial score (nSPS) is 15.5. The van der Waals surface area contributed by atoms with Crippen molar-refractivity contribution in [1.29, 1.82) is 0 Å². The smallest absolute Gasteiger partial charge is 0.330 e. The van der Waals surface area contributed by atoms with Crippen LogP contribution in [-0.4, -0.2) is 27.0 Å². The molecule has 4 heteroatoms. The fraction of sp³-hybridized carbons (Fsp3) is 0.750. The fourth-order valence-corrected chi connectivity index (χ4v) is 5.94. The average Bonchev–Trinajstić information content (AvgIpc) is 2.56. The van der Waals surface area contributed by atoms with Crippen molar-refractivity contribution >= 4 is 14.3 Å². The lowest BCUT2D eigenvalue weighted by Gasteiger charge is -2.35. The van der Waals surface area contributed by atoms with Gasteiger partial charge < -0.3 is 9.16 Å². The number of hydrogen-bond donors (Lipinski definition) is 0. The van der Waals surface area contributed by atoms with Crippen molar-refractivity contribution in [3.63, 3.8) is 0 Å². The Balaban J connectivity index is 4.70. The highest BCUT2D eigenvalue weighted by atomic mass is 28.4. The maximum atomic E-state index is 11.4. The van der Waals surface area contributed by atoms with Gasteiger partial charge in [-0.2, -0.15) is 0 Å². The molecule has 0 aromatic heterocycles. The van der Waals surface area contributed by atoms with Gasteiger partial charge in [0.2, 0.25) is 0 Å². The van der Waals surface area contributed by atoms with Gasteiger partial charge in [0.1, 0.15) is 0 Å². The van der Waals surface area contributed by atoms with Gasteiger partial charge in [0.15, 0.2) is 8.32 Å². The summed E-state index contributed by atoms with van der Waals surface area (Å²) in [6.07, 6.45) is 8.07. The summed E-state index contributed by atoms with van der Waals surface area (Å²) in [5, 5.41) is 0. The molecule has 0 spiro atoms. The summed E-state index contributed by atoms with van der Waals surface area (Å²) >= 11 is 0. The van der Waals surface area contributed by atoms with E-state index in [1.165, 1.54) is 18.1 Å². The fourth-order valence-electron chi connectivity index (χ4n) is 2.92. The van der Waals surface area contributed by atoms with Gasteiger partial charge in [0, 0.05) is 6.08 Å². The summed E-state index contributed by atoms with van der Waals surface area (Å²) in [4.78, 5) is 11.4. The van der Waals surface area contributed by atoms with Crippen molar-refractivity contribution in [2.24, 2.45) is 5.92 Å². The van der Waals surface area contributed by atoms with Crippen LogP contribution in [0.25, 0.3) is 0 Å². The third-order valence-corrected chi connectivity index (χ3v) is 9.52.